The Kier molecular flexibility index (Phi) is 1.63. The molecule has 2 aromatic rings. The average molecular weight is 185 g/mol. The lowest BCUT2D eigenvalue weighted by atomic mass is 10.2. The number of hydrogen-bond donors (Lipinski definition) is 1. The third-order valence-corrected chi connectivity index (χ3v) is 2.53. The molecule has 1 aliphatic carbocycles. The number of rotatable bonds is 2. The van der Waals surface area contributed by atoms with Crippen LogP contribution in [-0.2, 0) is 0 Å². The maximum Gasteiger partial charge on any atom is 0.109 e. The maximum atomic E-state index is 4.37. The van der Waals surface area contributed by atoms with Crippen LogP contribution in [0.2, 0.25) is 0 Å². The molecule has 0 saturated heterocycles. The summed E-state index contributed by atoms with van der Waals surface area (Å²) in [6, 6.07) is 3.98. The minimum atomic E-state index is 0.681. The van der Waals surface area contributed by atoms with E-state index >= 15 is 0 Å². The Hall–Kier alpha value is -1.64. The first kappa shape index (κ1) is 7.74. The molecule has 0 spiro atoms. The average Bonchev–Trinajstić information content (AvgIpc) is 2.98. The van der Waals surface area contributed by atoms with E-state index in [0.29, 0.717) is 5.92 Å². The second kappa shape index (κ2) is 2.94. The number of H-pyrrole nitrogens is 1. The van der Waals surface area contributed by atoms with Crippen LogP contribution in [0.25, 0.3) is 11.3 Å². The van der Waals surface area contributed by atoms with Gasteiger partial charge >= 0.3 is 0 Å². The van der Waals surface area contributed by atoms with Gasteiger partial charge in [-0.05, 0) is 25.0 Å². The highest BCUT2D eigenvalue weighted by Gasteiger charge is 2.26. The number of imidazole rings is 1. The predicted octanol–water partition coefficient (Wildman–Crippen LogP) is 2.35. The fraction of sp³-hybridized carbons (Fsp3) is 0.273. The Morgan fingerprint density at radius 1 is 1.29 bits per heavy atom. The summed E-state index contributed by atoms with van der Waals surface area (Å²) >= 11 is 0. The van der Waals surface area contributed by atoms with E-state index in [2.05, 4.69) is 15.0 Å². The van der Waals surface area contributed by atoms with Gasteiger partial charge in [0.1, 0.15) is 5.82 Å². The van der Waals surface area contributed by atoms with Gasteiger partial charge in [-0.1, -0.05) is 0 Å². The van der Waals surface area contributed by atoms with Crippen molar-refractivity contribution in [1.82, 2.24) is 15.0 Å². The third-order valence-electron chi connectivity index (χ3n) is 2.53. The minimum Gasteiger partial charge on any atom is -0.342 e. The summed E-state index contributed by atoms with van der Waals surface area (Å²) in [5.74, 6) is 1.81. The summed E-state index contributed by atoms with van der Waals surface area (Å²) in [6.45, 7) is 0. The van der Waals surface area contributed by atoms with E-state index in [1.54, 1.807) is 6.20 Å². The first-order chi connectivity index (χ1) is 6.93. The van der Waals surface area contributed by atoms with Gasteiger partial charge in [-0.3, -0.25) is 4.98 Å². The predicted molar refractivity (Wildman–Crippen MR) is 53.8 cm³/mol. The Balaban J connectivity index is 1.96. The summed E-state index contributed by atoms with van der Waals surface area (Å²) < 4.78 is 0. The normalized spacial score (nSPS) is 15.7. The van der Waals surface area contributed by atoms with Crippen molar-refractivity contribution in [1.29, 1.82) is 0 Å². The van der Waals surface area contributed by atoms with Crippen molar-refractivity contribution in [3.8, 4) is 11.3 Å². The molecule has 0 radical (unpaired) electrons. The summed E-state index contributed by atoms with van der Waals surface area (Å²) in [6.07, 6.45) is 8.08. The second-order valence-corrected chi connectivity index (χ2v) is 3.70. The lowest BCUT2D eigenvalue weighted by Crippen LogP contribution is -1.82. The van der Waals surface area contributed by atoms with Gasteiger partial charge in [-0.2, -0.15) is 0 Å². The summed E-state index contributed by atoms with van der Waals surface area (Å²) in [5, 5.41) is 0. The quantitative estimate of drug-likeness (QED) is 0.780. The number of pyridine rings is 1. The molecule has 0 aliphatic heterocycles. The van der Waals surface area contributed by atoms with E-state index in [9.17, 15) is 0 Å². The lowest BCUT2D eigenvalue weighted by Gasteiger charge is -1.94. The Labute approximate surface area is 82.2 Å². The molecule has 70 valence electrons. The maximum absolute atomic E-state index is 4.37. The lowest BCUT2D eigenvalue weighted by molar-refractivity contribution is 0.976. The molecule has 0 bridgehead atoms. The van der Waals surface area contributed by atoms with Crippen LogP contribution in [-0.4, -0.2) is 15.0 Å². The Morgan fingerprint density at radius 3 is 2.93 bits per heavy atom. The van der Waals surface area contributed by atoms with Crippen molar-refractivity contribution >= 4 is 0 Å². The number of aromatic amines is 1. The zero-order valence-electron chi connectivity index (χ0n) is 7.77. The highest BCUT2D eigenvalue weighted by Crippen LogP contribution is 2.38. The zero-order chi connectivity index (χ0) is 9.38. The molecule has 1 N–H and O–H groups in total. The number of aromatic nitrogens is 3. The molecule has 2 aromatic heterocycles. The number of hydrogen-bond acceptors (Lipinski definition) is 2. The molecular formula is C11H11N3. The summed E-state index contributed by atoms with van der Waals surface area (Å²) in [7, 11) is 0. The van der Waals surface area contributed by atoms with Gasteiger partial charge in [0.15, 0.2) is 0 Å². The van der Waals surface area contributed by atoms with Crippen molar-refractivity contribution in [3.05, 3.63) is 36.5 Å². The first-order valence-corrected chi connectivity index (χ1v) is 4.89. The molecule has 0 aromatic carbocycles. The van der Waals surface area contributed by atoms with E-state index in [4.69, 9.17) is 0 Å². The molecular weight excluding hydrogens is 174 g/mol. The fourth-order valence-corrected chi connectivity index (χ4v) is 1.57. The van der Waals surface area contributed by atoms with Gasteiger partial charge in [-0.15, -0.1) is 0 Å². The molecule has 2 heterocycles. The van der Waals surface area contributed by atoms with Crippen LogP contribution in [0.5, 0.6) is 0 Å². The van der Waals surface area contributed by atoms with E-state index in [-0.39, 0.29) is 0 Å². The number of nitrogens with one attached hydrogen (secondary N) is 1. The second-order valence-electron chi connectivity index (χ2n) is 3.70. The van der Waals surface area contributed by atoms with Crippen molar-refractivity contribution < 1.29 is 0 Å². The van der Waals surface area contributed by atoms with Crippen LogP contribution in [0.3, 0.4) is 0 Å². The van der Waals surface area contributed by atoms with Crippen LogP contribution >= 0.6 is 0 Å². The smallest absolute Gasteiger partial charge is 0.109 e. The van der Waals surface area contributed by atoms with Crippen molar-refractivity contribution in [2.24, 2.45) is 0 Å². The SMILES string of the molecule is c1cncc(-c2cnc(C3CC3)[nH]2)c1. The van der Waals surface area contributed by atoms with Crippen molar-refractivity contribution in [3.63, 3.8) is 0 Å². The Bertz CT molecular complexity index is 429. The third kappa shape index (κ3) is 1.31. The van der Waals surface area contributed by atoms with Gasteiger partial charge in [0.25, 0.3) is 0 Å². The van der Waals surface area contributed by atoms with Crippen molar-refractivity contribution in [2.75, 3.05) is 0 Å². The molecule has 14 heavy (non-hydrogen) atoms. The molecule has 1 saturated carbocycles. The van der Waals surface area contributed by atoms with Crippen molar-refractivity contribution in [2.45, 2.75) is 18.8 Å². The van der Waals surface area contributed by atoms with Crippen LogP contribution < -0.4 is 0 Å². The monoisotopic (exact) mass is 185 g/mol. The number of nitrogens with zero attached hydrogens (tertiary/aromatic N) is 2. The van der Waals surface area contributed by atoms with Gasteiger partial charge < -0.3 is 4.98 Å². The fourth-order valence-electron chi connectivity index (χ4n) is 1.57. The van der Waals surface area contributed by atoms with E-state index < -0.39 is 0 Å². The molecule has 3 nitrogen and oxygen atoms in total. The minimum absolute atomic E-state index is 0.681. The van der Waals surface area contributed by atoms with Gasteiger partial charge in [0.2, 0.25) is 0 Å². The van der Waals surface area contributed by atoms with Crippen LogP contribution in [0, 0.1) is 0 Å². The zero-order valence-corrected chi connectivity index (χ0v) is 7.77. The van der Waals surface area contributed by atoms with E-state index in [0.717, 1.165) is 17.1 Å². The summed E-state index contributed by atoms with van der Waals surface area (Å²) in [4.78, 5) is 11.8. The molecule has 3 heteroatoms. The van der Waals surface area contributed by atoms with Crippen LogP contribution in [0.1, 0.15) is 24.6 Å². The van der Waals surface area contributed by atoms with Crippen LogP contribution in [0.4, 0.5) is 0 Å². The largest absolute Gasteiger partial charge is 0.342 e. The molecule has 3 rings (SSSR count). The highest BCUT2D eigenvalue weighted by atomic mass is 14.9. The van der Waals surface area contributed by atoms with Crippen LogP contribution in [0.15, 0.2) is 30.7 Å². The molecule has 0 atom stereocenters. The molecule has 1 fully saturated rings. The first-order valence-electron chi connectivity index (χ1n) is 4.89. The van der Waals surface area contributed by atoms with Gasteiger partial charge in [0.05, 0.1) is 11.9 Å². The van der Waals surface area contributed by atoms with Gasteiger partial charge in [0, 0.05) is 23.9 Å². The van der Waals surface area contributed by atoms with E-state index in [1.165, 1.54) is 12.8 Å². The molecule has 0 unspecified atom stereocenters. The standard InChI is InChI=1S/C11H11N3/c1-2-9(6-12-5-1)10-7-13-11(14-10)8-3-4-8/h1-2,5-8H,3-4H2,(H,13,14). The highest BCUT2D eigenvalue weighted by molar-refractivity contribution is 5.56. The molecule has 1 aliphatic rings. The molecule has 0 amide bonds. The Morgan fingerprint density at radius 2 is 2.21 bits per heavy atom. The topological polar surface area (TPSA) is 41.6 Å². The van der Waals surface area contributed by atoms with E-state index in [1.807, 2.05) is 24.5 Å². The van der Waals surface area contributed by atoms with Gasteiger partial charge in [-0.25, -0.2) is 4.98 Å². The summed E-state index contributed by atoms with van der Waals surface area (Å²) in [5.41, 5.74) is 2.17.